The third kappa shape index (κ3) is 3.43. The molecule has 1 aliphatic heterocycles. The van der Waals surface area contributed by atoms with Gasteiger partial charge in [-0.15, -0.1) is 11.3 Å². The third-order valence-corrected chi connectivity index (χ3v) is 6.09. The van der Waals surface area contributed by atoms with E-state index in [1.165, 1.54) is 22.3 Å². The van der Waals surface area contributed by atoms with Crippen molar-refractivity contribution in [3.05, 3.63) is 16.0 Å². The van der Waals surface area contributed by atoms with Crippen LogP contribution in [0.25, 0.3) is 0 Å². The molecule has 1 aromatic rings. The van der Waals surface area contributed by atoms with Crippen LogP contribution in [0.15, 0.2) is 0 Å². The first kappa shape index (κ1) is 16.5. The second-order valence-electron chi connectivity index (χ2n) is 6.99. The number of hydrogen-bond donors (Lipinski definition) is 2. The van der Waals surface area contributed by atoms with E-state index in [4.69, 9.17) is 0 Å². The summed E-state index contributed by atoms with van der Waals surface area (Å²) in [6, 6.07) is 0. The Kier molecular flexibility index (Phi) is 4.73. The molecule has 1 aliphatic carbocycles. The van der Waals surface area contributed by atoms with Gasteiger partial charge in [-0.2, -0.15) is 0 Å². The van der Waals surface area contributed by atoms with Crippen molar-refractivity contribution in [2.75, 3.05) is 38.5 Å². The molecular weight excluding hydrogens is 310 g/mol. The highest BCUT2D eigenvalue weighted by atomic mass is 32.1. The van der Waals surface area contributed by atoms with Gasteiger partial charge in [0.25, 0.3) is 5.91 Å². The Balaban J connectivity index is 1.92. The lowest BCUT2D eigenvalue weighted by Gasteiger charge is -2.30. The van der Waals surface area contributed by atoms with Gasteiger partial charge < -0.3 is 15.1 Å². The molecular formula is C17H26N3O2S+. The Morgan fingerprint density at radius 3 is 2.65 bits per heavy atom. The Labute approximate surface area is 141 Å². The maximum absolute atomic E-state index is 13.1. The molecule has 1 fully saturated rings. The molecule has 6 heteroatoms. The topological polar surface area (TPSA) is 53.9 Å². The molecule has 0 bridgehead atoms. The number of carbonyl (C=O) groups is 2. The van der Waals surface area contributed by atoms with Gasteiger partial charge in [0, 0.05) is 11.8 Å². The molecule has 2 heterocycles. The highest BCUT2D eigenvalue weighted by molar-refractivity contribution is 7.17. The predicted octanol–water partition coefficient (Wildman–Crippen LogP) is 0.802. The molecule has 2 N–H and O–H groups in total. The van der Waals surface area contributed by atoms with Gasteiger partial charge in [-0.25, -0.2) is 0 Å². The fraction of sp³-hybridized carbons (Fsp3) is 0.647. The lowest BCUT2D eigenvalue weighted by atomic mass is 9.88. The van der Waals surface area contributed by atoms with Gasteiger partial charge in [0.1, 0.15) is 5.00 Å². The van der Waals surface area contributed by atoms with Gasteiger partial charge in [-0.3, -0.25) is 9.59 Å². The molecule has 1 saturated heterocycles. The number of carbonyl (C=O) groups excluding carboxylic acids is 2. The fourth-order valence-electron chi connectivity index (χ4n) is 3.47. The SMILES string of the molecule is CC(=O)Nc1sc2c(c1C(=O)N1CC[NH+](C)CC1)CC[C@@H](C)C2. The molecule has 0 unspecified atom stereocenters. The first-order valence-electron chi connectivity index (χ1n) is 8.48. The van der Waals surface area contributed by atoms with Crippen LogP contribution in [0.3, 0.4) is 0 Å². The van der Waals surface area contributed by atoms with Crippen LogP contribution in [0.4, 0.5) is 5.00 Å². The minimum Gasteiger partial charge on any atom is -0.334 e. The average molecular weight is 336 g/mol. The number of rotatable bonds is 2. The largest absolute Gasteiger partial charge is 0.334 e. The summed E-state index contributed by atoms with van der Waals surface area (Å²) < 4.78 is 0. The standard InChI is InChI=1S/C17H25N3O2S/c1-11-4-5-13-14(10-11)23-16(18-12(2)21)15(13)17(22)20-8-6-19(3)7-9-20/h11H,4-10H2,1-3H3,(H,18,21)/p+1/t11-/m1/s1. The lowest BCUT2D eigenvalue weighted by Crippen LogP contribution is -3.12. The zero-order chi connectivity index (χ0) is 16.6. The maximum Gasteiger partial charge on any atom is 0.257 e. The number of likely N-dealkylation sites (N-methyl/N-ethyl adjacent to an activating group) is 1. The molecule has 1 aromatic heterocycles. The molecule has 126 valence electrons. The van der Waals surface area contributed by atoms with E-state index in [0.717, 1.165) is 56.0 Å². The van der Waals surface area contributed by atoms with E-state index in [9.17, 15) is 9.59 Å². The number of anilines is 1. The Morgan fingerprint density at radius 2 is 2.00 bits per heavy atom. The fourth-order valence-corrected chi connectivity index (χ4v) is 4.92. The maximum atomic E-state index is 13.1. The smallest absolute Gasteiger partial charge is 0.257 e. The zero-order valence-corrected chi connectivity index (χ0v) is 15.0. The second-order valence-corrected chi connectivity index (χ2v) is 8.09. The number of amides is 2. The molecule has 5 nitrogen and oxygen atoms in total. The van der Waals surface area contributed by atoms with Gasteiger partial charge in [-0.05, 0) is 30.7 Å². The van der Waals surface area contributed by atoms with Crippen LogP contribution in [-0.4, -0.2) is 49.9 Å². The van der Waals surface area contributed by atoms with E-state index in [0.29, 0.717) is 5.92 Å². The van der Waals surface area contributed by atoms with Gasteiger partial charge in [0.2, 0.25) is 5.91 Å². The van der Waals surface area contributed by atoms with Crippen LogP contribution in [0.5, 0.6) is 0 Å². The number of hydrogen-bond acceptors (Lipinski definition) is 3. The number of fused-ring (bicyclic) bond motifs is 1. The molecule has 0 spiro atoms. The molecule has 0 saturated carbocycles. The number of nitrogens with one attached hydrogen (secondary N) is 2. The first-order chi connectivity index (χ1) is 11.0. The van der Waals surface area contributed by atoms with Crippen LogP contribution in [0.2, 0.25) is 0 Å². The summed E-state index contributed by atoms with van der Waals surface area (Å²) >= 11 is 1.60. The van der Waals surface area contributed by atoms with E-state index in [2.05, 4.69) is 19.3 Å². The van der Waals surface area contributed by atoms with Crippen molar-refractivity contribution < 1.29 is 14.5 Å². The van der Waals surface area contributed by atoms with Crippen molar-refractivity contribution in [2.45, 2.75) is 33.1 Å². The molecule has 0 radical (unpaired) electrons. The van der Waals surface area contributed by atoms with Crippen molar-refractivity contribution in [3.8, 4) is 0 Å². The minimum atomic E-state index is -0.103. The van der Waals surface area contributed by atoms with Crippen molar-refractivity contribution in [3.63, 3.8) is 0 Å². The summed E-state index contributed by atoms with van der Waals surface area (Å²) in [5.74, 6) is 0.656. The van der Waals surface area contributed by atoms with Crippen LogP contribution in [-0.2, 0) is 17.6 Å². The monoisotopic (exact) mass is 336 g/mol. The van der Waals surface area contributed by atoms with E-state index < -0.39 is 0 Å². The summed E-state index contributed by atoms with van der Waals surface area (Å²) in [7, 11) is 2.17. The van der Waals surface area contributed by atoms with Crippen molar-refractivity contribution in [1.82, 2.24) is 4.90 Å². The highest BCUT2D eigenvalue weighted by Gasteiger charge is 2.32. The summed E-state index contributed by atoms with van der Waals surface area (Å²) in [4.78, 5) is 29.4. The van der Waals surface area contributed by atoms with Crippen molar-refractivity contribution in [2.24, 2.45) is 5.92 Å². The second kappa shape index (κ2) is 6.61. The van der Waals surface area contributed by atoms with E-state index in [-0.39, 0.29) is 11.8 Å². The number of thiophene rings is 1. The van der Waals surface area contributed by atoms with Crippen molar-refractivity contribution >= 4 is 28.2 Å². The van der Waals surface area contributed by atoms with Gasteiger partial charge in [-0.1, -0.05) is 6.92 Å². The summed E-state index contributed by atoms with van der Waals surface area (Å²) in [6.45, 7) is 7.34. The Morgan fingerprint density at radius 1 is 1.30 bits per heavy atom. The van der Waals surface area contributed by atoms with Gasteiger partial charge >= 0.3 is 0 Å². The van der Waals surface area contributed by atoms with E-state index in [1.54, 1.807) is 11.3 Å². The van der Waals surface area contributed by atoms with E-state index >= 15 is 0 Å². The number of nitrogens with zero attached hydrogens (tertiary/aromatic N) is 1. The Hall–Kier alpha value is -1.40. The lowest BCUT2D eigenvalue weighted by molar-refractivity contribution is -0.883. The predicted molar refractivity (Wildman–Crippen MR) is 92.3 cm³/mol. The quantitative estimate of drug-likeness (QED) is 0.839. The molecule has 1 atom stereocenters. The van der Waals surface area contributed by atoms with Crippen LogP contribution < -0.4 is 10.2 Å². The van der Waals surface area contributed by atoms with Gasteiger partial charge in [0.15, 0.2) is 0 Å². The zero-order valence-electron chi connectivity index (χ0n) is 14.2. The minimum absolute atomic E-state index is 0.103. The highest BCUT2D eigenvalue weighted by Crippen LogP contribution is 2.40. The summed E-state index contributed by atoms with van der Waals surface area (Å²) in [6.07, 6.45) is 3.09. The van der Waals surface area contributed by atoms with Gasteiger partial charge in [0.05, 0.1) is 38.8 Å². The molecule has 23 heavy (non-hydrogen) atoms. The van der Waals surface area contributed by atoms with Crippen molar-refractivity contribution in [1.29, 1.82) is 0 Å². The first-order valence-corrected chi connectivity index (χ1v) is 9.30. The normalized spacial score (nSPS) is 21.9. The Bertz CT molecular complexity index is 618. The van der Waals surface area contributed by atoms with Crippen LogP contribution >= 0.6 is 11.3 Å². The van der Waals surface area contributed by atoms with E-state index in [1.807, 2.05) is 4.90 Å². The molecule has 3 rings (SSSR count). The molecule has 2 amide bonds. The molecule has 0 aromatic carbocycles. The summed E-state index contributed by atoms with van der Waals surface area (Å²) in [5.41, 5.74) is 1.96. The van der Waals surface area contributed by atoms with Crippen LogP contribution in [0.1, 0.15) is 41.1 Å². The summed E-state index contributed by atoms with van der Waals surface area (Å²) in [5, 5.41) is 3.66. The molecule has 2 aliphatic rings. The average Bonchev–Trinajstić information content (AvgIpc) is 2.83. The number of quaternary nitrogens is 1. The number of piperazine rings is 1. The van der Waals surface area contributed by atoms with Crippen LogP contribution in [0, 0.1) is 5.92 Å². The third-order valence-electron chi connectivity index (χ3n) is 4.92.